The van der Waals surface area contributed by atoms with Crippen molar-refractivity contribution in [3.05, 3.63) is 0 Å². The van der Waals surface area contributed by atoms with Crippen molar-refractivity contribution in [3.63, 3.8) is 0 Å². The Morgan fingerprint density at radius 3 is 0.857 bits per heavy atom. The molecule has 0 saturated carbocycles. The van der Waals surface area contributed by atoms with E-state index >= 15 is 0 Å². The molecule has 0 aromatic rings. The Kier molecular flexibility index (Phi) is 38.8. The average molecular weight is 733 g/mol. The van der Waals surface area contributed by atoms with Crippen molar-refractivity contribution in [3.8, 4) is 0 Å². The largest absolute Gasteiger partial charge is 0.759 e. The molecule has 12 nitrogen and oxygen atoms in total. The lowest BCUT2D eigenvalue weighted by Gasteiger charge is -2.35. The molecule has 0 aliphatic heterocycles. The van der Waals surface area contributed by atoms with Crippen LogP contribution in [-0.4, -0.2) is 136 Å². The smallest absolute Gasteiger partial charge is 0.202 e. The van der Waals surface area contributed by atoms with Crippen molar-refractivity contribution in [1.82, 2.24) is 0 Å². The van der Waals surface area contributed by atoms with Crippen LogP contribution in [0.1, 0.15) is 155 Å². The van der Waals surface area contributed by atoms with Crippen molar-refractivity contribution in [2.24, 2.45) is 0 Å². The molecule has 0 spiro atoms. The molecular formula is C36H80N2O10S. The first kappa shape index (κ1) is 52.9. The van der Waals surface area contributed by atoms with Gasteiger partial charge in [0.15, 0.2) is 0 Å². The van der Waals surface area contributed by atoms with Gasteiger partial charge in [0.2, 0.25) is 12.6 Å². The third-order valence-corrected chi connectivity index (χ3v) is 9.02. The highest BCUT2D eigenvalue weighted by molar-refractivity contribution is 7.79. The van der Waals surface area contributed by atoms with E-state index in [0.29, 0.717) is 22.1 Å². The van der Waals surface area contributed by atoms with Gasteiger partial charge >= 0.3 is 0 Å². The second-order valence-corrected chi connectivity index (χ2v) is 15.2. The Bertz CT molecular complexity index is 721. The predicted octanol–water partition coefficient (Wildman–Crippen LogP) is 4.76. The fourth-order valence-corrected chi connectivity index (χ4v) is 6.24. The maximum atomic E-state index is 9.23. The molecule has 0 bridgehead atoms. The van der Waals surface area contributed by atoms with Crippen LogP contribution in [0, 0.1) is 0 Å². The number of quaternary nitrogens is 2. The lowest BCUT2D eigenvalue weighted by molar-refractivity contribution is -0.915. The maximum absolute atomic E-state index is 9.23. The number of aliphatic hydroxyl groups excluding tert-OH is 4. The summed E-state index contributed by atoms with van der Waals surface area (Å²) >= 11 is 0. The van der Waals surface area contributed by atoms with Crippen molar-refractivity contribution in [1.29, 1.82) is 0 Å². The summed E-state index contributed by atoms with van der Waals surface area (Å²) in [5.41, 5.74) is 0. The molecule has 13 heteroatoms. The van der Waals surface area contributed by atoms with Crippen LogP contribution in [0.4, 0.5) is 0 Å². The summed E-state index contributed by atoms with van der Waals surface area (Å²) in [7, 11) is -1.05. The van der Waals surface area contributed by atoms with Crippen LogP contribution in [0.25, 0.3) is 0 Å². The highest BCUT2D eigenvalue weighted by atomic mass is 32.3. The zero-order valence-corrected chi connectivity index (χ0v) is 32.8. The first-order valence-corrected chi connectivity index (χ1v) is 20.7. The first-order valence-electron chi connectivity index (χ1n) is 19.4. The van der Waals surface area contributed by atoms with E-state index in [1.165, 1.54) is 116 Å². The molecule has 0 radical (unpaired) electrons. The van der Waals surface area contributed by atoms with E-state index in [2.05, 4.69) is 27.9 Å². The molecule has 300 valence electrons. The van der Waals surface area contributed by atoms with Crippen LogP contribution >= 0.6 is 0 Å². The highest BCUT2D eigenvalue weighted by Crippen LogP contribution is 2.15. The summed E-state index contributed by atoms with van der Waals surface area (Å²) < 4.78 is 35.4. The SMILES string of the molecule is CCCCCCCCCCCC[N+](C)(CCCO)CC(O)O.CCCCCCCCCCCC[N+](C)(CCCO)CC(O)O.O=S(=O)([O-])[O-]. The molecule has 0 aliphatic rings. The Labute approximate surface area is 301 Å². The van der Waals surface area contributed by atoms with Gasteiger partial charge in [0, 0.05) is 36.5 Å². The molecule has 0 fully saturated rings. The van der Waals surface area contributed by atoms with Gasteiger partial charge in [0.25, 0.3) is 0 Å². The number of rotatable bonds is 32. The minimum atomic E-state index is -5.17. The third kappa shape index (κ3) is 47.5. The lowest BCUT2D eigenvalue weighted by Crippen LogP contribution is -2.50. The molecule has 0 saturated heterocycles. The Balaban J connectivity index is -0.000000757. The quantitative estimate of drug-likeness (QED) is 0.0184. The zero-order valence-electron chi connectivity index (χ0n) is 32.0. The van der Waals surface area contributed by atoms with E-state index in [1.54, 1.807) is 0 Å². The number of aliphatic hydroxyl groups is 6. The number of nitrogens with zero attached hydrogens (tertiary/aromatic N) is 2. The number of hydrogen-bond donors (Lipinski definition) is 6. The van der Waals surface area contributed by atoms with Crippen molar-refractivity contribution < 1.29 is 57.1 Å². The molecule has 2 unspecified atom stereocenters. The van der Waals surface area contributed by atoms with E-state index in [4.69, 9.17) is 27.7 Å². The molecule has 0 heterocycles. The normalized spacial score (nSPS) is 14.2. The van der Waals surface area contributed by atoms with Gasteiger partial charge in [0.1, 0.15) is 13.1 Å². The van der Waals surface area contributed by atoms with E-state index in [-0.39, 0.29) is 13.2 Å². The van der Waals surface area contributed by atoms with Crippen molar-refractivity contribution in [2.45, 2.75) is 168 Å². The van der Waals surface area contributed by atoms with Crippen molar-refractivity contribution >= 4 is 10.4 Å². The van der Waals surface area contributed by atoms with E-state index in [9.17, 15) is 20.4 Å². The molecule has 49 heavy (non-hydrogen) atoms. The standard InChI is InChI=1S/2C18H40NO3.H2O4S/c2*1-3-4-5-6-7-8-9-10-11-12-14-19(2,15-13-16-20)17-18(21)22;1-5(2,3)4/h2*18,20-22H,3-17H2,1-2H3;(H2,1,2,3,4)/q2*+1;/p-2. The number of unbranched alkanes of at least 4 members (excludes halogenated alkanes) is 18. The molecular weight excluding hydrogens is 652 g/mol. The van der Waals surface area contributed by atoms with Gasteiger partial charge in [-0.3, -0.25) is 8.42 Å². The topological polar surface area (TPSA) is 202 Å². The Morgan fingerprint density at radius 1 is 0.449 bits per heavy atom. The molecule has 0 aromatic heterocycles. The van der Waals surface area contributed by atoms with Gasteiger partial charge in [-0.1, -0.05) is 117 Å². The summed E-state index contributed by atoms with van der Waals surface area (Å²) in [6.07, 6.45) is 25.3. The van der Waals surface area contributed by atoms with E-state index < -0.39 is 23.0 Å². The fourth-order valence-electron chi connectivity index (χ4n) is 6.24. The van der Waals surface area contributed by atoms with Crippen LogP contribution in [0.5, 0.6) is 0 Å². The summed E-state index contributed by atoms with van der Waals surface area (Å²) in [5, 5.41) is 54.9. The Hall–Kier alpha value is -0.450. The summed E-state index contributed by atoms with van der Waals surface area (Å²) in [5.74, 6) is 0. The zero-order chi connectivity index (χ0) is 37.9. The molecule has 2 atom stereocenters. The van der Waals surface area contributed by atoms with Crippen LogP contribution < -0.4 is 0 Å². The third-order valence-electron chi connectivity index (χ3n) is 9.02. The molecule has 0 aliphatic carbocycles. The monoisotopic (exact) mass is 733 g/mol. The second kappa shape index (κ2) is 35.9. The highest BCUT2D eigenvalue weighted by Gasteiger charge is 2.24. The molecule has 0 rings (SSSR count). The van der Waals surface area contributed by atoms with Gasteiger partial charge in [-0.05, 0) is 25.7 Å². The molecule has 0 aromatic carbocycles. The van der Waals surface area contributed by atoms with Crippen molar-refractivity contribution in [2.75, 3.05) is 66.6 Å². The average Bonchev–Trinajstić information content (AvgIpc) is 3.00. The minimum Gasteiger partial charge on any atom is -0.759 e. The predicted molar refractivity (Wildman–Crippen MR) is 196 cm³/mol. The second-order valence-electron chi connectivity index (χ2n) is 14.4. The number of hydrogen-bond acceptors (Lipinski definition) is 10. The minimum absolute atomic E-state index is 0.174. The summed E-state index contributed by atoms with van der Waals surface area (Å²) in [6, 6.07) is 0. The first-order chi connectivity index (χ1) is 23.1. The summed E-state index contributed by atoms with van der Waals surface area (Å²) in [6.45, 7) is 9.13. The Morgan fingerprint density at radius 2 is 0.653 bits per heavy atom. The number of likely N-dealkylation sites (N-methyl/N-ethyl adjacent to an activating group) is 2. The summed E-state index contributed by atoms with van der Waals surface area (Å²) in [4.78, 5) is 0. The molecule has 0 amide bonds. The van der Waals surface area contributed by atoms with Crippen LogP contribution in [0.2, 0.25) is 0 Å². The fraction of sp³-hybridized carbons (Fsp3) is 1.00. The van der Waals surface area contributed by atoms with Gasteiger partial charge in [-0.25, -0.2) is 0 Å². The van der Waals surface area contributed by atoms with E-state index in [1.807, 2.05) is 0 Å². The van der Waals surface area contributed by atoms with Gasteiger partial charge in [0.05, 0.1) is 40.3 Å². The van der Waals surface area contributed by atoms with Crippen LogP contribution in [0.15, 0.2) is 0 Å². The van der Waals surface area contributed by atoms with Crippen LogP contribution in [-0.2, 0) is 10.4 Å². The van der Waals surface area contributed by atoms with Crippen LogP contribution in [0.3, 0.4) is 0 Å². The lowest BCUT2D eigenvalue weighted by atomic mass is 10.1. The van der Waals surface area contributed by atoms with Gasteiger partial charge < -0.3 is 48.7 Å². The molecule has 6 N–H and O–H groups in total. The van der Waals surface area contributed by atoms with Gasteiger partial charge in [-0.15, -0.1) is 0 Å². The maximum Gasteiger partial charge on any atom is 0.202 e. The van der Waals surface area contributed by atoms with E-state index in [0.717, 1.165) is 51.9 Å². The van der Waals surface area contributed by atoms with Gasteiger partial charge in [-0.2, -0.15) is 0 Å².